The van der Waals surface area contributed by atoms with E-state index in [1.807, 2.05) is 0 Å². The Labute approximate surface area is 422 Å². The van der Waals surface area contributed by atoms with E-state index in [-0.39, 0.29) is 50.0 Å². The third-order valence-corrected chi connectivity index (χ3v) is 20.3. The largest absolute Gasteiger partial charge is 0.440 e. The molecule has 0 atom stereocenters. The van der Waals surface area contributed by atoms with Crippen LogP contribution in [0, 0.1) is 13.8 Å². The van der Waals surface area contributed by atoms with Gasteiger partial charge < -0.3 is 9.32 Å². The van der Waals surface area contributed by atoms with Crippen LogP contribution in [0.2, 0.25) is 0 Å². The van der Waals surface area contributed by atoms with Gasteiger partial charge >= 0.3 is 0 Å². The highest BCUT2D eigenvalue weighted by molar-refractivity contribution is 7.01. The van der Waals surface area contributed by atoms with Crippen molar-refractivity contribution in [2.75, 3.05) is 9.80 Å². The van der Waals surface area contributed by atoms with Crippen molar-refractivity contribution in [1.82, 2.24) is 0 Å². The van der Waals surface area contributed by atoms with E-state index in [0.717, 1.165) is 11.5 Å². The number of rotatable bonds is 2. The number of anilines is 6. The van der Waals surface area contributed by atoms with Crippen molar-refractivity contribution >= 4 is 68.4 Å². The van der Waals surface area contributed by atoms with Crippen LogP contribution < -0.4 is 26.2 Å². The van der Waals surface area contributed by atoms with E-state index in [1.54, 1.807) is 0 Å². The zero-order valence-corrected chi connectivity index (χ0v) is 46.4. The van der Waals surface area contributed by atoms with Crippen molar-refractivity contribution in [3.8, 4) is 0 Å². The summed E-state index contributed by atoms with van der Waals surface area (Å²) < 4.78 is 7.70. The van der Waals surface area contributed by atoms with Crippen molar-refractivity contribution in [1.29, 1.82) is 0 Å². The van der Waals surface area contributed by atoms with Crippen molar-refractivity contribution in [2.45, 2.75) is 219 Å². The third kappa shape index (κ3) is 6.38. The van der Waals surface area contributed by atoms with Crippen LogP contribution in [0.3, 0.4) is 0 Å². The van der Waals surface area contributed by atoms with Gasteiger partial charge in [0.2, 0.25) is 5.88 Å². The van der Waals surface area contributed by atoms with Gasteiger partial charge in [-0.1, -0.05) is 129 Å². The number of aryl methyl sites for hydroxylation is 2. The lowest BCUT2D eigenvalue weighted by Crippen LogP contribution is -2.61. The Hall–Kier alpha value is -4.70. The fraction of sp³-hybridized carbons (Fsp3) is 0.515. The molecular weight excluding hydrogens is 848 g/mol. The SMILES string of the molecule is Cc1cc2c3c(c1)N(c1cc4c(cc1C)C(C)(C)CCC4(C)C)c1oc4cc5c(cc4c1B3c1cc3c(cc1N2c1ccc2c(c1)C(C)(C)CCC2(C)C)C(C)(C)CCC3(C)C)C(C)(C)CCC5(C)C. The van der Waals surface area contributed by atoms with Crippen LogP contribution in [0.25, 0.3) is 11.0 Å². The smallest absolute Gasteiger partial charge is 0.257 e. The molecule has 0 unspecified atom stereocenters. The number of fused-ring (bicyclic) bond motifs is 10. The van der Waals surface area contributed by atoms with Crippen molar-refractivity contribution in [3.05, 3.63) is 122 Å². The molecule has 70 heavy (non-hydrogen) atoms. The highest BCUT2D eigenvalue weighted by atomic mass is 16.4. The Morgan fingerprint density at radius 1 is 0.386 bits per heavy atom. The number of hydrogen-bond acceptors (Lipinski definition) is 3. The molecule has 0 radical (unpaired) electrons. The zero-order valence-electron chi connectivity index (χ0n) is 46.4. The first kappa shape index (κ1) is 46.4. The molecule has 1 aromatic heterocycles. The third-order valence-electron chi connectivity index (χ3n) is 20.3. The molecule has 3 heterocycles. The Kier molecular flexibility index (Phi) is 9.33. The minimum atomic E-state index is -0.0328. The monoisotopic (exact) mass is 929 g/mol. The van der Waals surface area contributed by atoms with Crippen LogP contribution in [0.1, 0.15) is 218 Å². The number of furan rings is 1. The van der Waals surface area contributed by atoms with Gasteiger partial charge in [-0.3, -0.25) is 4.90 Å². The minimum absolute atomic E-state index is 0.0328. The van der Waals surface area contributed by atoms with E-state index >= 15 is 0 Å². The molecule has 3 nitrogen and oxygen atoms in total. The van der Waals surface area contributed by atoms with Gasteiger partial charge in [-0.05, 0) is 224 Å². The second kappa shape index (κ2) is 14.1. The maximum absolute atomic E-state index is 7.70. The van der Waals surface area contributed by atoms with Gasteiger partial charge in [0.25, 0.3) is 6.71 Å². The summed E-state index contributed by atoms with van der Waals surface area (Å²) in [6.07, 6.45) is 9.43. The normalized spacial score (nSPS) is 22.8. The van der Waals surface area contributed by atoms with Crippen LogP contribution in [0.5, 0.6) is 0 Å². The van der Waals surface area contributed by atoms with E-state index in [9.17, 15) is 0 Å². The summed E-state index contributed by atoms with van der Waals surface area (Å²) in [5, 5.41) is 1.28. The number of benzene rings is 5. The fourth-order valence-corrected chi connectivity index (χ4v) is 15.0. The molecule has 4 aliphatic carbocycles. The van der Waals surface area contributed by atoms with Gasteiger partial charge in [-0.2, -0.15) is 0 Å². The molecule has 6 aliphatic rings. The second-order valence-electron chi connectivity index (χ2n) is 29.0. The average molecular weight is 929 g/mol. The molecule has 4 heteroatoms. The molecule has 364 valence electrons. The molecule has 0 fully saturated rings. The summed E-state index contributed by atoms with van der Waals surface area (Å²) >= 11 is 0. The first-order chi connectivity index (χ1) is 32.4. The van der Waals surface area contributed by atoms with Gasteiger partial charge in [-0.25, -0.2) is 0 Å². The summed E-state index contributed by atoms with van der Waals surface area (Å²) in [7, 11) is 0. The van der Waals surface area contributed by atoms with Crippen molar-refractivity contribution < 1.29 is 4.42 Å². The Morgan fingerprint density at radius 3 is 1.33 bits per heavy atom. The van der Waals surface area contributed by atoms with Crippen molar-refractivity contribution in [2.24, 2.45) is 0 Å². The van der Waals surface area contributed by atoms with Crippen LogP contribution >= 0.6 is 0 Å². The van der Waals surface area contributed by atoms with Gasteiger partial charge in [-0.15, -0.1) is 0 Å². The van der Waals surface area contributed by atoms with Crippen LogP contribution in [-0.2, 0) is 43.3 Å². The minimum Gasteiger partial charge on any atom is -0.440 e. The van der Waals surface area contributed by atoms with E-state index in [1.165, 1.54) is 157 Å². The topological polar surface area (TPSA) is 19.6 Å². The standard InChI is InChI=1S/C66H81BN2O/c1-38-29-53-57-54(30-38)69(51-35-47-43(31-39(51)2)60(5,6)23-26-64(47,13)14)58-56(41-33-45-49(37-55(41)70-58)66(17,18)28-24-62(45,9)10)67(57)50-34-46-48(65(15,16)27-25-63(46,11)12)36-52(50)68(53)40-19-20-42-44(32-40)61(7,8)22-21-59(42,3)4/h19-20,29-37H,21-28H2,1-18H3. The molecule has 0 saturated heterocycles. The highest BCUT2D eigenvalue weighted by Crippen LogP contribution is 2.56. The first-order valence-corrected chi connectivity index (χ1v) is 27.3. The fourth-order valence-electron chi connectivity index (χ4n) is 15.0. The second-order valence-corrected chi connectivity index (χ2v) is 29.0. The van der Waals surface area contributed by atoms with Crippen molar-refractivity contribution in [3.63, 3.8) is 0 Å². The van der Waals surface area contributed by atoms with Gasteiger partial charge in [0.05, 0.1) is 5.69 Å². The van der Waals surface area contributed by atoms with Crippen LogP contribution in [0.4, 0.5) is 34.3 Å². The summed E-state index contributed by atoms with van der Waals surface area (Å²) in [4.78, 5) is 5.32. The van der Waals surface area contributed by atoms with E-state index in [0.29, 0.717) is 0 Å². The summed E-state index contributed by atoms with van der Waals surface area (Å²) in [5.41, 5.74) is 26.6. The lowest BCUT2D eigenvalue weighted by Gasteiger charge is -2.47. The molecule has 6 aromatic rings. The predicted molar refractivity (Wildman–Crippen MR) is 301 cm³/mol. The van der Waals surface area contributed by atoms with Gasteiger partial charge in [0.1, 0.15) is 5.58 Å². The summed E-state index contributed by atoms with van der Waals surface area (Å²) in [6, 6.07) is 28.2. The highest BCUT2D eigenvalue weighted by Gasteiger charge is 2.51. The molecule has 0 saturated carbocycles. The van der Waals surface area contributed by atoms with Crippen LogP contribution in [-0.4, -0.2) is 6.71 Å². The van der Waals surface area contributed by atoms with E-state index < -0.39 is 0 Å². The molecule has 12 rings (SSSR count). The summed E-state index contributed by atoms with van der Waals surface area (Å²) in [5.74, 6) is 0.993. The molecule has 0 N–H and O–H groups in total. The molecule has 2 aliphatic heterocycles. The molecule has 5 aromatic carbocycles. The first-order valence-electron chi connectivity index (χ1n) is 27.3. The van der Waals surface area contributed by atoms with Gasteiger partial charge in [0, 0.05) is 33.6 Å². The maximum atomic E-state index is 7.70. The molecule has 0 bridgehead atoms. The Bertz CT molecular complexity index is 3270. The maximum Gasteiger partial charge on any atom is 0.257 e. The quantitative estimate of drug-likeness (QED) is 0.161. The average Bonchev–Trinajstić information content (AvgIpc) is 3.65. The molecular formula is C66H81BN2O. The Balaban J connectivity index is 1.23. The van der Waals surface area contributed by atoms with E-state index in [4.69, 9.17) is 4.42 Å². The molecule has 0 spiro atoms. The lowest BCUT2D eigenvalue weighted by atomic mass is 9.33. The number of nitrogens with zero attached hydrogens (tertiary/aromatic N) is 2. The Morgan fingerprint density at radius 2 is 0.800 bits per heavy atom. The van der Waals surface area contributed by atoms with E-state index in [2.05, 4.69) is 201 Å². The zero-order chi connectivity index (χ0) is 50.0. The molecule has 0 amide bonds. The summed E-state index contributed by atoms with van der Waals surface area (Å²) in [6.45, 7) is 44.3. The number of hydrogen-bond donors (Lipinski definition) is 0. The van der Waals surface area contributed by atoms with Crippen LogP contribution in [0.15, 0.2) is 71.1 Å². The lowest BCUT2D eigenvalue weighted by molar-refractivity contribution is 0.332. The predicted octanol–water partition coefficient (Wildman–Crippen LogP) is 16.5. The van der Waals surface area contributed by atoms with Gasteiger partial charge in [0.15, 0.2) is 0 Å².